The third-order valence-electron chi connectivity index (χ3n) is 2.75. The zero-order chi connectivity index (χ0) is 12.4. The largest absolute Gasteiger partial charge is 0.392 e. The molecule has 0 amide bonds. The number of hydrogen-bond acceptors (Lipinski definition) is 4. The van der Waals surface area contributed by atoms with Crippen LogP contribution in [0.2, 0.25) is 0 Å². The first-order chi connectivity index (χ1) is 8.11. The molecule has 5 heteroatoms. The Morgan fingerprint density at radius 1 is 1.29 bits per heavy atom. The van der Waals surface area contributed by atoms with Gasteiger partial charge in [-0.3, -0.25) is 0 Å². The van der Waals surface area contributed by atoms with E-state index >= 15 is 0 Å². The minimum absolute atomic E-state index is 0.0832. The van der Waals surface area contributed by atoms with Crippen molar-refractivity contribution in [3.63, 3.8) is 0 Å². The van der Waals surface area contributed by atoms with Crippen molar-refractivity contribution >= 4 is 11.8 Å². The summed E-state index contributed by atoms with van der Waals surface area (Å²) in [5.41, 5.74) is 2.06. The molecule has 0 aliphatic heterocycles. The standard InChI is InChI=1S/C12H15N3OS/c1-8-6-11(5-4-10(8)7-16)17-12-14-13-9(2)15(12)3/h4-6,16H,7H2,1-3H3. The van der Waals surface area contributed by atoms with E-state index in [0.29, 0.717) is 0 Å². The molecule has 2 rings (SSSR count). The lowest BCUT2D eigenvalue weighted by Crippen LogP contribution is -1.94. The number of aliphatic hydroxyl groups is 1. The Labute approximate surface area is 105 Å². The number of hydrogen-bond donors (Lipinski definition) is 1. The molecule has 0 radical (unpaired) electrons. The second-order valence-electron chi connectivity index (χ2n) is 3.94. The highest BCUT2D eigenvalue weighted by Gasteiger charge is 2.07. The molecular formula is C12H15N3OS. The van der Waals surface area contributed by atoms with E-state index < -0.39 is 0 Å². The van der Waals surface area contributed by atoms with Crippen LogP contribution in [0, 0.1) is 13.8 Å². The second-order valence-corrected chi connectivity index (χ2v) is 4.98. The maximum absolute atomic E-state index is 9.11. The summed E-state index contributed by atoms with van der Waals surface area (Å²) in [5.74, 6) is 0.899. The van der Waals surface area contributed by atoms with Gasteiger partial charge in [-0.15, -0.1) is 10.2 Å². The molecule has 0 saturated heterocycles. The van der Waals surface area contributed by atoms with Crippen LogP contribution in [0.25, 0.3) is 0 Å². The zero-order valence-corrected chi connectivity index (χ0v) is 11.0. The van der Waals surface area contributed by atoms with Gasteiger partial charge in [-0.2, -0.15) is 0 Å². The van der Waals surface area contributed by atoms with Crippen LogP contribution in [0.5, 0.6) is 0 Å². The van der Waals surface area contributed by atoms with Gasteiger partial charge in [0.05, 0.1) is 6.61 Å². The van der Waals surface area contributed by atoms with Crippen molar-refractivity contribution in [1.29, 1.82) is 0 Å². The average Bonchev–Trinajstić information content (AvgIpc) is 2.61. The number of rotatable bonds is 3. The molecule has 0 aliphatic carbocycles. The predicted molar refractivity (Wildman–Crippen MR) is 67.0 cm³/mol. The first kappa shape index (κ1) is 12.1. The molecular weight excluding hydrogens is 234 g/mol. The Hall–Kier alpha value is -1.33. The molecule has 2 aromatic rings. The van der Waals surface area contributed by atoms with Gasteiger partial charge in [0.1, 0.15) is 5.82 Å². The van der Waals surface area contributed by atoms with Gasteiger partial charge >= 0.3 is 0 Å². The third-order valence-corrected chi connectivity index (χ3v) is 3.77. The predicted octanol–water partition coefficient (Wildman–Crippen LogP) is 2.08. The summed E-state index contributed by atoms with van der Waals surface area (Å²) in [6, 6.07) is 5.99. The summed E-state index contributed by atoms with van der Waals surface area (Å²) in [7, 11) is 1.95. The zero-order valence-electron chi connectivity index (χ0n) is 10.1. The van der Waals surface area contributed by atoms with Crippen molar-refractivity contribution in [1.82, 2.24) is 14.8 Å². The maximum Gasteiger partial charge on any atom is 0.195 e. The molecule has 1 N–H and O–H groups in total. The molecule has 0 spiro atoms. The van der Waals surface area contributed by atoms with Crippen molar-refractivity contribution in [3.8, 4) is 0 Å². The van der Waals surface area contributed by atoms with E-state index in [1.165, 1.54) is 0 Å². The lowest BCUT2D eigenvalue weighted by Gasteiger charge is -2.05. The first-order valence-corrected chi connectivity index (χ1v) is 6.17. The van der Waals surface area contributed by atoms with Gasteiger partial charge in [0.25, 0.3) is 0 Å². The van der Waals surface area contributed by atoms with E-state index in [0.717, 1.165) is 27.0 Å². The normalized spacial score (nSPS) is 10.8. The molecule has 0 saturated carbocycles. The van der Waals surface area contributed by atoms with Gasteiger partial charge in [0.2, 0.25) is 0 Å². The van der Waals surface area contributed by atoms with Crippen LogP contribution in [-0.2, 0) is 13.7 Å². The second kappa shape index (κ2) is 4.89. The van der Waals surface area contributed by atoms with Gasteiger partial charge in [0.15, 0.2) is 5.16 Å². The van der Waals surface area contributed by atoms with Crippen molar-refractivity contribution in [3.05, 3.63) is 35.2 Å². The monoisotopic (exact) mass is 249 g/mol. The molecule has 0 aliphatic rings. The van der Waals surface area contributed by atoms with Crippen molar-refractivity contribution in [2.75, 3.05) is 0 Å². The average molecular weight is 249 g/mol. The summed E-state index contributed by atoms with van der Waals surface area (Å²) in [4.78, 5) is 1.11. The highest BCUT2D eigenvalue weighted by molar-refractivity contribution is 7.99. The number of benzene rings is 1. The Kier molecular flexibility index (Phi) is 3.49. The fourth-order valence-electron chi connectivity index (χ4n) is 1.49. The Bertz CT molecular complexity index is 537. The fourth-order valence-corrected chi connectivity index (χ4v) is 2.42. The number of aromatic nitrogens is 3. The molecule has 0 unspecified atom stereocenters. The van der Waals surface area contributed by atoms with Crippen molar-refractivity contribution < 1.29 is 5.11 Å². The van der Waals surface area contributed by atoms with E-state index in [9.17, 15) is 0 Å². The lowest BCUT2D eigenvalue weighted by molar-refractivity contribution is 0.281. The van der Waals surface area contributed by atoms with Gasteiger partial charge < -0.3 is 9.67 Å². The molecule has 1 aromatic carbocycles. The molecule has 1 aromatic heterocycles. The van der Waals surface area contributed by atoms with Crippen molar-refractivity contribution in [2.45, 2.75) is 30.5 Å². The van der Waals surface area contributed by atoms with Crippen LogP contribution in [0.4, 0.5) is 0 Å². The van der Waals surface area contributed by atoms with Crippen LogP contribution >= 0.6 is 11.8 Å². The molecule has 0 atom stereocenters. The molecule has 4 nitrogen and oxygen atoms in total. The minimum atomic E-state index is 0.0832. The molecule has 0 bridgehead atoms. The summed E-state index contributed by atoms with van der Waals surface area (Å²) in [6.07, 6.45) is 0. The molecule has 90 valence electrons. The summed E-state index contributed by atoms with van der Waals surface area (Å²) < 4.78 is 1.96. The topological polar surface area (TPSA) is 50.9 Å². The number of nitrogens with zero attached hydrogens (tertiary/aromatic N) is 3. The fraction of sp³-hybridized carbons (Fsp3) is 0.333. The van der Waals surface area contributed by atoms with E-state index in [1.54, 1.807) is 11.8 Å². The van der Waals surface area contributed by atoms with Gasteiger partial charge in [-0.1, -0.05) is 6.07 Å². The SMILES string of the molecule is Cc1cc(Sc2nnc(C)n2C)ccc1CO. The minimum Gasteiger partial charge on any atom is -0.392 e. The summed E-state index contributed by atoms with van der Waals surface area (Å²) in [6.45, 7) is 4.01. The van der Waals surface area contributed by atoms with Crippen molar-refractivity contribution in [2.24, 2.45) is 7.05 Å². The van der Waals surface area contributed by atoms with Crippen LogP contribution in [0.3, 0.4) is 0 Å². The third kappa shape index (κ3) is 2.50. The summed E-state index contributed by atoms with van der Waals surface area (Å²) in [5, 5.41) is 18.1. The highest BCUT2D eigenvalue weighted by atomic mass is 32.2. The molecule has 17 heavy (non-hydrogen) atoms. The number of aryl methyl sites for hydroxylation is 2. The van der Waals surface area contributed by atoms with Crippen LogP contribution in [-0.4, -0.2) is 19.9 Å². The van der Waals surface area contributed by atoms with Crippen LogP contribution in [0.15, 0.2) is 28.3 Å². The highest BCUT2D eigenvalue weighted by Crippen LogP contribution is 2.27. The quantitative estimate of drug-likeness (QED) is 0.904. The Morgan fingerprint density at radius 3 is 2.59 bits per heavy atom. The van der Waals surface area contributed by atoms with Crippen LogP contribution < -0.4 is 0 Å². The first-order valence-electron chi connectivity index (χ1n) is 5.36. The number of aliphatic hydroxyl groups excluding tert-OH is 1. The lowest BCUT2D eigenvalue weighted by atomic mass is 10.1. The van der Waals surface area contributed by atoms with Gasteiger partial charge in [-0.25, -0.2) is 0 Å². The van der Waals surface area contributed by atoms with E-state index in [-0.39, 0.29) is 6.61 Å². The summed E-state index contributed by atoms with van der Waals surface area (Å²) >= 11 is 1.58. The van der Waals surface area contributed by atoms with E-state index in [4.69, 9.17) is 5.11 Å². The smallest absolute Gasteiger partial charge is 0.195 e. The Balaban J connectivity index is 2.25. The van der Waals surface area contributed by atoms with Gasteiger partial charge in [-0.05, 0) is 48.9 Å². The molecule has 1 heterocycles. The maximum atomic E-state index is 9.11. The van der Waals surface area contributed by atoms with Crippen LogP contribution in [0.1, 0.15) is 17.0 Å². The van der Waals surface area contributed by atoms with Gasteiger partial charge in [0, 0.05) is 11.9 Å². The van der Waals surface area contributed by atoms with E-state index in [1.807, 2.05) is 37.6 Å². The van der Waals surface area contributed by atoms with E-state index in [2.05, 4.69) is 16.3 Å². The molecule has 0 fully saturated rings. The Morgan fingerprint density at radius 2 is 2.06 bits per heavy atom.